The van der Waals surface area contributed by atoms with Crippen LogP contribution in [-0.2, 0) is 26.1 Å². The third kappa shape index (κ3) is 6.21. The van der Waals surface area contributed by atoms with E-state index >= 15 is 0 Å². The minimum absolute atomic E-state index is 0. The average Bonchev–Trinajstić information content (AvgIpc) is 2.10. The number of rotatable bonds is 1. The molecule has 0 saturated heterocycles. The summed E-state index contributed by atoms with van der Waals surface area (Å²) in [4.78, 5) is 0. The fraction of sp³-hybridized carbons (Fsp3) is 0.222. The van der Waals surface area contributed by atoms with Crippen molar-refractivity contribution in [3.8, 4) is 0 Å². The van der Waals surface area contributed by atoms with E-state index < -0.39 is 0 Å². The Hall–Kier alpha value is -0.197. The summed E-state index contributed by atoms with van der Waals surface area (Å²) in [5, 5.41) is 8.54. The molecule has 0 atom stereocenters. The van der Waals surface area contributed by atoms with Crippen molar-refractivity contribution in [3.05, 3.63) is 42.8 Å². The van der Waals surface area contributed by atoms with E-state index in [9.17, 15) is 0 Å². The fourth-order valence-corrected chi connectivity index (χ4v) is 0.583. The number of aliphatic hydroxyl groups excluding tert-OH is 1. The van der Waals surface area contributed by atoms with Crippen molar-refractivity contribution in [1.29, 1.82) is 0 Å². The van der Waals surface area contributed by atoms with Crippen molar-refractivity contribution in [1.82, 2.24) is 0 Å². The predicted octanol–water partition coefficient (Wildman–Crippen LogP) is 2.02. The van der Waals surface area contributed by atoms with Gasteiger partial charge in [0.05, 0.1) is 6.61 Å². The summed E-state index contributed by atoms with van der Waals surface area (Å²) < 4.78 is 0. The summed E-state index contributed by atoms with van der Waals surface area (Å²) in [7, 11) is 0. The topological polar surface area (TPSA) is 20.2 Å². The SMILES string of the molecule is OCc1ccccc1.[CH2-]C.[Zn]. The van der Waals surface area contributed by atoms with Gasteiger partial charge in [-0.3, -0.25) is 0 Å². The zero-order valence-electron chi connectivity index (χ0n) is 6.96. The Morgan fingerprint density at radius 2 is 1.64 bits per heavy atom. The van der Waals surface area contributed by atoms with Gasteiger partial charge in [0.1, 0.15) is 0 Å². The quantitative estimate of drug-likeness (QED) is 0.546. The fourth-order valence-electron chi connectivity index (χ4n) is 0.583. The van der Waals surface area contributed by atoms with Crippen LogP contribution in [0.2, 0.25) is 0 Å². The van der Waals surface area contributed by atoms with Gasteiger partial charge in [0.2, 0.25) is 0 Å². The zero-order valence-corrected chi connectivity index (χ0v) is 9.92. The van der Waals surface area contributed by atoms with Crippen LogP contribution in [0, 0.1) is 6.92 Å². The Morgan fingerprint density at radius 3 is 1.91 bits per heavy atom. The number of benzene rings is 1. The maximum absolute atomic E-state index is 8.54. The summed E-state index contributed by atoms with van der Waals surface area (Å²) in [6.45, 7) is 5.14. The Morgan fingerprint density at radius 1 is 1.18 bits per heavy atom. The maximum Gasteiger partial charge on any atom is 0.0681 e. The molecule has 0 unspecified atom stereocenters. The first kappa shape index (κ1) is 13.4. The van der Waals surface area contributed by atoms with Crippen LogP contribution < -0.4 is 0 Å². The maximum atomic E-state index is 8.54. The molecule has 0 saturated carbocycles. The molecular formula is C9H13OZn-. The van der Waals surface area contributed by atoms with Gasteiger partial charge >= 0.3 is 0 Å². The van der Waals surface area contributed by atoms with Crippen molar-refractivity contribution in [2.24, 2.45) is 0 Å². The van der Waals surface area contributed by atoms with Gasteiger partial charge in [0.25, 0.3) is 0 Å². The molecule has 1 rings (SSSR count). The number of hydrogen-bond acceptors (Lipinski definition) is 1. The van der Waals surface area contributed by atoms with Gasteiger partial charge in [-0.25, -0.2) is 0 Å². The van der Waals surface area contributed by atoms with Crippen LogP contribution in [0.5, 0.6) is 0 Å². The zero-order chi connectivity index (χ0) is 7.82. The van der Waals surface area contributed by atoms with Crippen LogP contribution in [0.15, 0.2) is 30.3 Å². The minimum atomic E-state index is 0. The van der Waals surface area contributed by atoms with E-state index in [1.54, 1.807) is 6.92 Å². The summed E-state index contributed by atoms with van der Waals surface area (Å²) >= 11 is 0. The normalized spacial score (nSPS) is 7.18. The standard InChI is InChI=1S/C7H8O.C2H5.Zn/c8-6-7-4-2-1-3-5-7;1-2;/h1-5,8H,6H2;1H2,2H3;/q;-1;. The van der Waals surface area contributed by atoms with E-state index in [1.807, 2.05) is 30.3 Å². The third-order valence-electron chi connectivity index (χ3n) is 1.03. The smallest absolute Gasteiger partial charge is 0.0681 e. The van der Waals surface area contributed by atoms with E-state index in [0.29, 0.717) is 0 Å². The Kier molecular flexibility index (Phi) is 11.9. The molecular weight excluding hydrogens is 189 g/mol. The second-order valence-electron chi connectivity index (χ2n) is 1.64. The second-order valence-corrected chi connectivity index (χ2v) is 1.64. The van der Waals surface area contributed by atoms with Gasteiger partial charge in [-0.1, -0.05) is 30.3 Å². The van der Waals surface area contributed by atoms with Crippen LogP contribution >= 0.6 is 0 Å². The predicted molar refractivity (Wildman–Crippen MR) is 43.4 cm³/mol. The number of aliphatic hydroxyl groups is 1. The molecule has 0 spiro atoms. The molecule has 2 heteroatoms. The molecule has 58 valence electrons. The summed E-state index contributed by atoms with van der Waals surface area (Å²) in [5.74, 6) is 0. The van der Waals surface area contributed by atoms with Crippen LogP contribution in [0.4, 0.5) is 0 Å². The monoisotopic (exact) mass is 201 g/mol. The molecule has 0 aromatic heterocycles. The van der Waals surface area contributed by atoms with Crippen LogP contribution in [0.25, 0.3) is 0 Å². The van der Waals surface area contributed by atoms with Gasteiger partial charge in [-0.2, -0.15) is 6.92 Å². The first-order valence-corrected chi connectivity index (χ1v) is 3.29. The molecule has 1 aromatic carbocycles. The summed E-state index contributed by atoms with van der Waals surface area (Å²) in [6, 6.07) is 9.52. The van der Waals surface area contributed by atoms with Gasteiger partial charge in [-0.15, -0.1) is 0 Å². The number of hydrogen-bond donors (Lipinski definition) is 1. The Labute approximate surface area is 81.2 Å². The van der Waals surface area contributed by atoms with Crippen LogP contribution in [-0.4, -0.2) is 5.11 Å². The Bertz CT molecular complexity index is 151. The van der Waals surface area contributed by atoms with E-state index in [-0.39, 0.29) is 26.1 Å². The van der Waals surface area contributed by atoms with Crippen LogP contribution in [0.1, 0.15) is 12.5 Å². The van der Waals surface area contributed by atoms with E-state index in [0.717, 1.165) is 5.56 Å². The van der Waals surface area contributed by atoms with Crippen molar-refractivity contribution < 1.29 is 24.6 Å². The molecule has 0 heterocycles. The first-order valence-electron chi connectivity index (χ1n) is 3.29. The molecule has 11 heavy (non-hydrogen) atoms. The molecule has 0 radical (unpaired) electrons. The molecule has 0 aliphatic carbocycles. The van der Waals surface area contributed by atoms with Crippen LogP contribution in [0.3, 0.4) is 0 Å². The molecule has 0 aliphatic rings. The van der Waals surface area contributed by atoms with E-state index in [1.165, 1.54) is 0 Å². The summed E-state index contributed by atoms with van der Waals surface area (Å²) in [5.41, 5.74) is 0.965. The largest absolute Gasteiger partial charge is 0.392 e. The molecule has 0 fully saturated rings. The molecule has 0 bridgehead atoms. The molecule has 0 amide bonds. The molecule has 1 nitrogen and oxygen atoms in total. The third-order valence-corrected chi connectivity index (χ3v) is 1.03. The van der Waals surface area contributed by atoms with E-state index in [4.69, 9.17) is 5.11 Å². The van der Waals surface area contributed by atoms with Gasteiger partial charge in [0, 0.05) is 19.5 Å². The van der Waals surface area contributed by atoms with Gasteiger partial charge < -0.3 is 12.0 Å². The average molecular weight is 203 g/mol. The van der Waals surface area contributed by atoms with Crippen molar-refractivity contribution in [2.45, 2.75) is 13.5 Å². The van der Waals surface area contributed by atoms with Crippen molar-refractivity contribution in [3.63, 3.8) is 0 Å². The Balaban J connectivity index is 0. The summed E-state index contributed by atoms with van der Waals surface area (Å²) in [6.07, 6.45) is 0. The van der Waals surface area contributed by atoms with Gasteiger partial charge in [-0.05, 0) is 5.56 Å². The van der Waals surface area contributed by atoms with Crippen molar-refractivity contribution in [2.75, 3.05) is 0 Å². The van der Waals surface area contributed by atoms with E-state index in [2.05, 4.69) is 6.92 Å². The first-order chi connectivity index (χ1) is 4.93. The molecule has 1 N–H and O–H groups in total. The molecule has 0 aliphatic heterocycles. The van der Waals surface area contributed by atoms with Crippen molar-refractivity contribution >= 4 is 0 Å². The second kappa shape index (κ2) is 9.80. The van der Waals surface area contributed by atoms with Gasteiger partial charge in [0.15, 0.2) is 0 Å². The molecule has 1 aromatic rings. The minimum Gasteiger partial charge on any atom is -0.392 e.